The number of likely N-dealkylation sites (N-methyl/N-ethyl adjacent to an activating group) is 1. The number of carbonyl (C=O) groups is 2. The zero-order valence-electron chi connectivity index (χ0n) is 21.2. The molecule has 0 aromatic heterocycles. The van der Waals surface area contributed by atoms with E-state index in [9.17, 15) is 18.0 Å². The van der Waals surface area contributed by atoms with Crippen molar-refractivity contribution in [2.75, 3.05) is 23.7 Å². The van der Waals surface area contributed by atoms with Crippen molar-refractivity contribution in [3.8, 4) is 0 Å². The van der Waals surface area contributed by atoms with Gasteiger partial charge in [-0.05, 0) is 48.4 Å². The fourth-order valence-corrected chi connectivity index (χ4v) is 5.54. The van der Waals surface area contributed by atoms with E-state index in [0.717, 1.165) is 16.1 Å². The van der Waals surface area contributed by atoms with Crippen molar-refractivity contribution in [2.45, 2.75) is 25.9 Å². The highest BCUT2D eigenvalue weighted by molar-refractivity contribution is 7.92. The van der Waals surface area contributed by atoms with E-state index in [1.807, 2.05) is 30.3 Å². The largest absolute Gasteiger partial charge is 0.355 e. The Labute approximate surface area is 248 Å². The first-order chi connectivity index (χ1) is 18.4. The lowest BCUT2D eigenvalue weighted by atomic mass is 10.0. The van der Waals surface area contributed by atoms with Crippen LogP contribution < -0.4 is 9.62 Å². The van der Waals surface area contributed by atoms with E-state index in [1.54, 1.807) is 19.1 Å². The van der Waals surface area contributed by atoms with Gasteiger partial charge in [0.05, 0.1) is 22.0 Å². The van der Waals surface area contributed by atoms with Crippen molar-refractivity contribution < 1.29 is 18.0 Å². The van der Waals surface area contributed by atoms with Crippen LogP contribution in [0.3, 0.4) is 0 Å². The monoisotopic (exact) mass is 629 g/mol. The Kier molecular flexibility index (Phi) is 10.9. The molecular formula is C27H27Cl4N3O4S. The summed E-state index contributed by atoms with van der Waals surface area (Å²) in [7, 11) is -3.94. The van der Waals surface area contributed by atoms with Crippen LogP contribution in [0.4, 0.5) is 5.69 Å². The summed E-state index contributed by atoms with van der Waals surface area (Å²) in [4.78, 5) is 28.6. The summed E-state index contributed by atoms with van der Waals surface area (Å²) >= 11 is 24.6. The maximum absolute atomic E-state index is 14.0. The molecule has 12 heteroatoms. The fraction of sp³-hybridized carbons (Fsp3) is 0.259. The van der Waals surface area contributed by atoms with Gasteiger partial charge >= 0.3 is 0 Å². The molecule has 0 spiro atoms. The SMILES string of the molecule is CCNC(=O)[C@H](Cc1ccccc1)N(Cc1ccc(Cl)cc1Cl)C(=O)CN(c1ccc(Cl)c(Cl)c1)S(C)(=O)=O. The standard InChI is InChI=1S/C27H27Cl4N3O4S/c1-3-32-27(36)25(13-18-7-5-4-6-8-18)33(16-19-9-10-20(28)14-23(19)30)26(35)17-34(39(2,37)38)21-11-12-22(29)24(31)15-21/h4-12,14-15,25H,3,13,16-17H2,1-2H3,(H,32,36)/t25-/m0/s1. The van der Waals surface area contributed by atoms with E-state index in [4.69, 9.17) is 46.4 Å². The van der Waals surface area contributed by atoms with Crippen LogP contribution in [0.1, 0.15) is 18.1 Å². The van der Waals surface area contributed by atoms with Crippen LogP contribution in [-0.2, 0) is 32.6 Å². The van der Waals surface area contributed by atoms with Crippen molar-refractivity contribution in [3.05, 3.63) is 97.9 Å². The van der Waals surface area contributed by atoms with Gasteiger partial charge in [-0.15, -0.1) is 0 Å². The van der Waals surface area contributed by atoms with Crippen LogP contribution in [0.5, 0.6) is 0 Å². The number of anilines is 1. The molecule has 0 aliphatic heterocycles. The summed E-state index contributed by atoms with van der Waals surface area (Å²) in [5.74, 6) is -1.01. The second-order valence-electron chi connectivity index (χ2n) is 8.73. The quantitative estimate of drug-likeness (QED) is 0.288. The van der Waals surface area contributed by atoms with Gasteiger partial charge in [-0.1, -0.05) is 82.8 Å². The first-order valence-corrected chi connectivity index (χ1v) is 15.2. The van der Waals surface area contributed by atoms with E-state index in [1.165, 1.54) is 29.2 Å². The molecule has 0 aliphatic rings. The van der Waals surface area contributed by atoms with Crippen LogP contribution in [0.15, 0.2) is 66.7 Å². The molecule has 0 fully saturated rings. The number of sulfonamides is 1. The van der Waals surface area contributed by atoms with E-state index < -0.39 is 28.5 Å². The smallest absolute Gasteiger partial charge is 0.244 e. The minimum absolute atomic E-state index is 0.0670. The Morgan fingerprint density at radius 1 is 0.897 bits per heavy atom. The zero-order valence-corrected chi connectivity index (χ0v) is 25.0. The second kappa shape index (κ2) is 13.7. The number of nitrogens with one attached hydrogen (secondary N) is 1. The van der Waals surface area contributed by atoms with Gasteiger partial charge in [0, 0.05) is 29.6 Å². The van der Waals surface area contributed by atoms with Crippen LogP contribution in [0.2, 0.25) is 20.1 Å². The third-order valence-corrected chi connectivity index (χ3v) is 8.31. The lowest BCUT2D eigenvalue weighted by Gasteiger charge is -2.33. The van der Waals surface area contributed by atoms with Gasteiger partial charge in [0.1, 0.15) is 12.6 Å². The summed E-state index contributed by atoms with van der Waals surface area (Å²) < 4.78 is 26.5. The molecule has 0 aliphatic carbocycles. The minimum atomic E-state index is -3.94. The topological polar surface area (TPSA) is 86.8 Å². The van der Waals surface area contributed by atoms with Crippen LogP contribution in [0.25, 0.3) is 0 Å². The molecule has 2 amide bonds. The van der Waals surface area contributed by atoms with E-state index >= 15 is 0 Å². The Hall–Kier alpha value is -2.49. The third kappa shape index (κ3) is 8.50. The molecule has 0 heterocycles. The summed E-state index contributed by atoms with van der Waals surface area (Å²) in [5, 5.41) is 3.87. The summed E-state index contributed by atoms with van der Waals surface area (Å²) in [6.07, 6.45) is 1.17. The highest BCUT2D eigenvalue weighted by Gasteiger charge is 2.33. The maximum Gasteiger partial charge on any atom is 0.244 e. The molecule has 3 rings (SSSR count). The molecule has 1 atom stereocenters. The number of halogens is 4. The van der Waals surface area contributed by atoms with E-state index in [2.05, 4.69) is 5.32 Å². The molecule has 0 unspecified atom stereocenters. The molecule has 208 valence electrons. The van der Waals surface area contributed by atoms with Crippen molar-refractivity contribution in [3.63, 3.8) is 0 Å². The molecule has 3 aromatic carbocycles. The van der Waals surface area contributed by atoms with Gasteiger partial charge in [-0.3, -0.25) is 13.9 Å². The average molecular weight is 631 g/mol. The number of amides is 2. The van der Waals surface area contributed by atoms with Crippen LogP contribution in [0, 0.1) is 0 Å². The predicted octanol–water partition coefficient (Wildman–Crippen LogP) is 5.84. The third-order valence-electron chi connectivity index (χ3n) is 5.85. The molecule has 0 saturated carbocycles. The maximum atomic E-state index is 14.0. The fourth-order valence-electron chi connectivity index (χ4n) is 3.93. The Bertz CT molecular complexity index is 1440. The van der Waals surface area contributed by atoms with Gasteiger partial charge in [0.2, 0.25) is 21.8 Å². The van der Waals surface area contributed by atoms with E-state index in [0.29, 0.717) is 22.2 Å². The second-order valence-corrected chi connectivity index (χ2v) is 12.3. The number of nitrogens with zero attached hydrogens (tertiary/aromatic N) is 2. The van der Waals surface area contributed by atoms with E-state index in [-0.39, 0.29) is 34.6 Å². The molecule has 39 heavy (non-hydrogen) atoms. The number of carbonyl (C=O) groups excluding carboxylic acids is 2. The molecular weight excluding hydrogens is 604 g/mol. The Balaban J connectivity index is 2.07. The van der Waals surface area contributed by atoms with Gasteiger partial charge in [0.25, 0.3) is 0 Å². The van der Waals surface area contributed by atoms with Gasteiger partial charge in [0.15, 0.2) is 0 Å². The van der Waals surface area contributed by atoms with Crippen molar-refractivity contribution >= 4 is 73.9 Å². The predicted molar refractivity (Wildman–Crippen MR) is 158 cm³/mol. The average Bonchev–Trinajstić information content (AvgIpc) is 2.87. The van der Waals surface area contributed by atoms with Crippen molar-refractivity contribution in [2.24, 2.45) is 0 Å². The summed E-state index contributed by atoms with van der Waals surface area (Å²) in [5.41, 5.74) is 1.51. The highest BCUT2D eigenvalue weighted by atomic mass is 35.5. The summed E-state index contributed by atoms with van der Waals surface area (Å²) in [6.45, 7) is 1.46. The number of hydrogen-bond acceptors (Lipinski definition) is 4. The lowest BCUT2D eigenvalue weighted by Crippen LogP contribution is -2.53. The molecule has 0 saturated heterocycles. The number of benzene rings is 3. The van der Waals surface area contributed by atoms with Crippen molar-refractivity contribution in [1.82, 2.24) is 10.2 Å². The Morgan fingerprint density at radius 3 is 2.18 bits per heavy atom. The Morgan fingerprint density at radius 2 is 1.59 bits per heavy atom. The molecule has 7 nitrogen and oxygen atoms in total. The minimum Gasteiger partial charge on any atom is -0.355 e. The van der Waals surface area contributed by atoms with Gasteiger partial charge in [-0.2, -0.15) is 0 Å². The summed E-state index contributed by atoms with van der Waals surface area (Å²) in [6, 6.07) is 17.3. The molecule has 3 aromatic rings. The van der Waals surface area contributed by atoms with Crippen molar-refractivity contribution in [1.29, 1.82) is 0 Å². The van der Waals surface area contributed by atoms with Gasteiger partial charge < -0.3 is 10.2 Å². The molecule has 1 N–H and O–H groups in total. The molecule has 0 radical (unpaired) electrons. The first kappa shape index (κ1) is 31.0. The van der Waals surface area contributed by atoms with Gasteiger partial charge in [-0.25, -0.2) is 8.42 Å². The van der Waals surface area contributed by atoms with Crippen LogP contribution >= 0.6 is 46.4 Å². The normalized spacial score (nSPS) is 12.1. The van der Waals surface area contributed by atoms with Crippen LogP contribution in [-0.4, -0.2) is 50.5 Å². The highest BCUT2D eigenvalue weighted by Crippen LogP contribution is 2.29. The lowest BCUT2D eigenvalue weighted by molar-refractivity contribution is -0.140. The first-order valence-electron chi connectivity index (χ1n) is 11.9. The number of hydrogen-bond donors (Lipinski definition) is 1. The zero-order chi connectivity index (χ0) is 28.7. The number of rotatable bonds is 11. The molecule has 0 bridgehead atoms.